The van der Waals surface area contributed by atoms with E-state index < -0.39 is 0 Å². The van der Waals surface area contributed by atoms with Crippen molar-refractivity contribution in [3.8, 4) is 0 Å². The summed E-state index contributed by atoms with van der Waals surface area (Å²) in [5, 5.41) is 14.5. The maximum atomic E-state index is 10.9. The van der Waals surface area contributed by atoms with Gasteiger partial charge >= 0.3 is 0 Å². The van der Waals surface area contributed by atoms with Crippen LogP contribution in [0.2, 0.25) is 0 Å². The first-order valence-corrected chi connectivity index (χ1v) is 8.20. The molecule has 0 spiro atoms. The lowest BCUT2D eigenvalue weighted by Gasteiger charge is -2.42. The summed E-state index contributed by atoms with van der Waals surface area (Å²) in [5.41, 5.74) is -0.325. The molecule has 0 atom stereocenters. The Labute approximate surface area is 113 Å². The Morgan fingerprint density at radius 3 is 2.17 bits per heavy atom. The monoisotopic (exact) mass is 253 g/mol. The van der Waals surface area contributed by atoms with Gasteiger partial charge in [0.2, 0.25) is 0 Å². The summed E-state index contributed by atoms with van der Waals surface area (Å²) < 4.78 is 0. The first kappa shape index (κ1) is 14.3. The maximum Gasteiger partial charge on any atom is 0.0677 e. The number of rotatable bonds is 4. The largest absolute Gasteiger partial charge is 0.390 e. The summed E-state index contributed by atoms with van der Waals surface area (Å²) in [6, 6.07) is 0.663. The highest BCUT2D eigenvalue weighted by Crippen LogP contribution is 2.40. The van der Waals surface area contributed by atoms with Crippen molar-refractivity contribution in [1.29, 1.82) is 0 Å². The second kappa shape index (κ2) is 6.91. The normalized spacial score (nSPS) is 35.3. The molecule has 0 amide bonds. The van der Waals surface area contributed by atoms with E-state index in [0.717, 1.165) is 19.4 Å². The van der Waals surface area contributed by atoms with Crippen LogP contribution in [0.4, 0.5) is 0 Å². The zero-order valence-corrected chi connectivity index (χ0v) is 12.1. The molecular formula is C16H31NO. The molecule has 106 valence electrons. The Bertz CT molecular complexity index is 225. The van der Waals surface area contributed by atoms with Crippen molar-refractivity contribution in [3.63, 3.8) is 0 Å². The number of hydrogen-bond donors (Lipinski definition) is 2. The van der Waals surface area contributed by atoms with Gasteiger partial charge in [-0.2, -0.15) is 0 Å². The van der Waals surface area contributed by atoms with Gasteiger partial charge in [-0.15, -0.1) is 0 Å². The topological polar surface area (TPSA) is 32.3 Å². The lowest BCUT2D eigenvalue weighted by atomic mass is 9.71. The fourth-order valence-electron chi connectivity index (χ4n) is 3.90. The minimum absolute atomic E-state index is 0.325. The zero-order chi connectivity index (χ0) is 12.8. The second-order valence-corrected chi connectivity index (χ2v) is 6.52. The molecule has 0 saturated heterocycles. The lowest BCUT2D eigenvalue weighted by molar-refractivity contribution is -0.0596. The fraction of sp³-hybridized carbons (Fsp3) is 1.00. The SMILES string of the molecule is CCCNC1CCC(O)(C2CCCCCC2)CC1. The van der Waals surface area contributed by atoms with Crippen LogP contribution in [-0.4, -0.2) is 23.3 Å². The molecule has 0 aromatic carbocycles. The Balaban J connectivity index is 1.81. The minimum atomic E-state index is -0.325. The third-order valence-corrected chi connectivity index (χ3v) is 5.15. The average Bonchev–Trinajstić information content (AvgIpc) is 2.67. The van der Waals surface area contributed by atoms with Crippen LogP contribution in [0.1, 0.15) is 77.6 Å². The van der Waals surface area contributed by atoms with Gasteiger partial charge in [0.15, 0.2) is 0 Å². The molecule has 2 nitrogen and oxygen atoms in total. The van der Waals surface area contributed by atoms with E-state index in [-0.39, 0.29) is 5.60 Å². The van der Waals surface area contributed by atoms with Gasteiger partial charge in [0.1, 0.15) is 0 Å². The van der Waals surface area contributed by atoms with Crippen LogP contribution in [0, 0.1) is 5.92 Å². The molecule has 0 aliphatic heterocycles. The molecule has 2 rings (SSSR count). The van der Waals surface area contributed by atoms with Crippen molar-refractivity contribution < 1.29 is 5.11 Å². The molecule has 2 N–H and O–H groups in total. The quantitative estimate of drug-likeness (QED) is 0.750. The molecule has 2 aliphatic carbocycles. The average molecular weight is 253 g/mol. The highest BCUT2D eigenvalue weighted by atomic mass is 16.3. The third-order valence-electron chi connectivity index (χ3n) is 5.15. The standard InChI is InChI=1S/C16H31NO/c1-2-13-17-15-9-11-16(18,12-10-15)14-7-5-3-4-6-8-14/h14-15,17-18H,2-13H2,1H3. The zero-order valence-electron chi connectivity index (χ0n) is 12.1. The predicted octanol–water partition coefficient (Wildman–Crippen LogP) is 3.63. The van der Waals surface area contributed by atoms with Gasteiger partial charge in [-0.25, -0.2) is 0 Å². The van der Waals surface area contributed by atoms with Crippen LogP contribution >= 0.6 is 0 Å². The molecule has 0 heterocycles. The van der Waals surface area contributed by atoms with Crippen molar-refractivity contribution in [2.75, 3.05) is 6.54 Å². The molecule has 0 bridgehead atoms. The van der Waals surface area contributed by atoms with Crippen molar-refractivity contribution in [2.45, 2.75) is 89.2 Å². The van der Waals surface area contributed by atoms with Crippen molar-refractivity contribution in [1.82, 2.24) is 5.32 Å². The predicted molar refractivity (Wildman–Crippen MR) is 76.7 cm³/mol. The number of hydrogen-bond acceptors (Lipinski definition) is 2. The summed E-state index contributed by atoms with van der Waals surface area (Å²) >= 11 is 0. The van der Waals surface area contributed by atoms with E-state index in [4.69, 9.17) is 0 Å². The molecule has 2 aliphatic rings. The van der Waals surface area contributed by atoms with Gasteiger partial charge in [0.25, 0.3) is 0 Å². The number of aliphatic hydroxyl groups is 1. The molecule has 2 saturated carbocycles. The van der Waals surface area contributed by atoms with Crippen molar-refractivity contribution in [3.05, 3.63) is 0 Å². The Kier molecular flexibility index (Phi) is 5.50. The fourth-order valence-corrected chi connectivity index (χ4v) is 3.90. The maximum absolute atomic E-state index is 10.9. The summed E-state index contributed by atoms with van der Waals surface area (Å²) in [7, 11) is 0. The van der Waals surface area contributed by atoms with E-state index in [9.17, 15) is 5.11 Å². The van der Waals surface area contributed by atoms with Crippen LogP contribution < -0.4 is 5.32 Å². The molecule has 0 aromatic rings. The minimum Gasteiger partial charge on any atom is -0.390 e. The third kappa shape index (κ3) is 3.71. The van der Waals surface area contributed by atoms with E-state index in [1.807, 2.05) is 0 Å². The molecule has 18 heavy (non-hydrogen) atoms. The van der Waals surface area contributed by atoms with E-state index >= 15 is 0 Å². The van der Waals surface area contributed by atoms with Gasteiger partial charge in [0, 0.05) is 6.04 Å². The summed E-state index contributed by atoms with van der Waals surface area (Å²) in [4.78, 5) is 0. The van der Waals surface area contributed by atoms with Crippen molar-refractivity contribution in [2.24, 2.45) is 5.92 Å². The lowest BCUT2D eigenvalue weighted by Crippen LogP contribution is -2.46. The smallest absolute Gasteiger partial charge is 0.0677 e. The van der Waals surface area contributed by atoms with Gasteiger partial charge in [0.05, 0.1) is 5.60 Å². The van der Waals surface area contributed by atoms with Crippen LogP contribution in [0.3, 0.4) is 0 Å². The van der Waals surface area contributed by atoms with Crippen molar-refractivity contribution >= 4 is 0 Å². The first-order valence-electron chi connectivity index (χ1n) is 8.20. The van der Waals surface area contributed by atoms with E-state index in [0.29, 0.717) is 12.0 Å². The Hall–Kier alpha value is -0.0800. The summed E-state index contributed by atoms with van der Waals surface area (Å²) in [6.45, 7) is 3.35. The van der Waals surface area contributed by atoms with E-state index in [2.05, 4.69) is 12.2 Å². The second-order valence-electron chi connectivity index (χ2n) is 6.52. The van der Waals surface area contributed by atoms with Gasteiger partial charge in [-0.05, 0) is 57.4 Å². The molecule has 0 aromatic heterocycles. The molecule has 0 unspecified atom stereocenters. The molecular weight excluding hydrogens is 222 g/mol. The Morgan fingerprint density at radius 1 is 1.00 bits per heavy atom. The van der Waals surface area contributed by atoms with Crippen LogP contribution in [0.15, 0.2) is 0 Å². The summed E-state index contributed by atoms with van der Waals surface area (Å²) in [6.07, 6.45) is 13.6. The number of nitrogens with one attached hydrogen (secondary N) is 1. The van der Waals surface area contributed by atoms with E-state index in [1.165, 1.54) is 57.8 Å². The molecule has 0 radical (unpaired) electrons. The molecule has 2 fully saturated rings. The van der Waals surface area contributed by atoms with Crippen LogP contribution in [0.25, 0.3) is 0 Å². The Morgan fingerprint density at radius 2 is 1.61 bits per heavy atom. The van der Waals surface area contributed by atoms with Crippen LogP contribution in [-0.2, 0) is 0 Å². The highest BCUT2D eigenvalue weighted by Gasteiger charge is 2.39. The van der Waals surface area contributed by atoms with Crippen LogP contribution in [0.5, 0.6) is 0 Å². The van der Waals surface area contributed by atoms with Gasteiger partial charge < -0.3 is 10.4 Å². The highest BCUT2D eigenvalue weighted by molar-refractivity contribution is 4.93. The first-order chi connectivity index (χ1) is 8.74. The van der Waals surface area contributed by atoms with E-state index in [1.54, 1.807) is 0 Å². The summed E-state index contributed by atoms with van der Waals surface area (Å²) in [5.74, 6) is 0.590. The van der Waals surface area contributed by atoms with Gasteiger partial charge in [-0.1, -0.05) is 32.6 Å². The molecule has 2 heteroatoms. The van der Waals surface area contributed by atoms with Gasteiger partial charge in [-0.3, -0.25) is 0 Å².